The minimum Gasteiger partial charge on any atom is -0.425 e. The zero-order valence-corrected chi connectivity index (χ0v) is 6.84. The summed E-state index contributed by atoms with van der Waals surface area (Å²) < 4.78 is 16.2. The predicted molar refractivity (Wildman–Crippen MR) is 43.1 cm³/mol. The van der Waals surface area contributed by atoms with E-state index in [-0.39, 0.29) is 0 Å². The SMILES string of the molecule is O=C(CF)Oc1ccc(Cl)cc1. The molecule has 0 aromatic heterocycles. The Morgan fingerprint density at radius 2 is 2.00 bits per heavy atom. The Morgan fingerprint density at radius 1 is 1.42 bits per heavy atom. The zero-order chi connectivity index (χ0) is 8.97. The van der Waals surface area contributed by atoms with Gasteiger partial charge in [0.25, 0.3) is 0 Å². The van der Waals surface area contributed by atoms with E-state index in [1.54, 1.807) is 12.1 Å². The van der Waals surface area contributed by atoms with Gasteiger partial charge in [-0.25, -0.2) is 9.18 Å². The van der Waals surface area contributed by atoms with E-state index in [9.17, 15) is 9.18 Å². The normalized spacial score (nSPS) is 9.50. The lowest BCUT2D eigenvalue weighted by atomic mass is 10.3. The van der Waals surface area contributed by atoms with E-state index in [0.29, 0.717) is 10.8 Å². The van der Waals surface area contributed by atoms with E-state index in [2.05, 4.69) is 4.74 Å². The average Bonchev–Trinajstić information content (AvgIpc) is 2.09. The van der Waals surface area contributed by atoms with Gasteiger partial charge >= 0.3 is 5.97 Å². The van der Waals surface area contributed by atoms with Gasteiger partial charge in [-0.1, -0.05) is 11.6 Å². The second kappa shape index (κ2) is 4.07. The summed E-state index contributed by atoms with van der Waals surface area (Å²) in [5.74, 6) is -0.612. The molecule has 1 aromatic carbocycles. The predicted octanol–water partition coefficient (Wildman–Crippen LogP) is 2.21. The molecule has 0 spiro atoms. The third kappa shape index (κ3) is 2.51. The van der Waals surface area contributed by atoms with Crippen molar-refractivity contribution >= 4 is 17.6 Å². The van der Waals surface area contributed by atoms with E-state index in [1.165, 1.54) is 12.1 Å². The lowest BCUT2D eigenvalue weighted by Crippen LogP contribution is -2.09. The van der Waals surface area contributed by atoms with Crippen LogP contribution in [0.4, 0.5) is 4.39 Å². The second-order valence-electron chi connectivity index (χ2n) is 2.06. The van der Waals surface area contributed by atoms with Crippen molar-refractivity contribution in [2.45, 2.75) is 0 Å². The van der Waals surface area contributed by atoms with Gasteiger partial charge in [-0.2, -0.15) is 0 Å². The summed E-state index contributed by atoms with van der Waals surface area (Å²) in [6, 6.07) is 6.11. The highest BCUT2D eigenvalue weighted by atomic mass is 35.5. The maximum atomic E-state index is 11.7. The molecule has 0 saturated heterocycles. The summed E-state index contributed by atoms with van der Waals surface area (Å²) in [5, 5.41) is 0.537. The van der Waals surface area contributed by atoms with Crippen LogP contribution in [-0.4, -0.2) is 12.6 Å². The largest absolute Gasteiger partial charge is 0.425 e. The standard InChI is InChI=1S/C8H6ClFO2/c9-6-1-3-7(4-2-6)12-8(11)5-10/h1-4H,5H2. The maximum Gasteiger partial charge on any atom is 0.342 e. The maximum absolute atomic E-state index is 11.7. The second-order valence-corrected chi connectivity index (χ2v) is 2.50. The number of hydrogen-bond acceptors (Lipinski definition) is 2. The van der Waals surface area contributed by atoms with E-state index in [1.807, 2.05) is 0 Å². The topological polar surface area (TPSA) is 26.3 Å². The molecule has 64 valence electrons. The highest BCUT2D eigenvalue weighted by molar-refractivity contribution is 6.30. The first-order valence-electron chi connectivity index (χ1n) is 3.24. The summed E-state index contributed by atoms with van der Waals surface area (Å²) >= 11 is 5.57. The Labute approximate surface area is 73.9 Å². The Hall–Kier alpha value is -1.09. The molecule has 0 saturated carbocycles. The summed E-state index contributed by atoms with van der Waals surface area (Å²) in [7, 11) is 0. The summed E-state index contributed by atoms with van der Waals surface area (Å²) in [4.78, 5) is 10.4. The number of alkyl halides is 1. The summed E-state index contributed by atoms with van der Waals surface area (Å²) in [6.07, 6.45) is 0. The molecule has 0 aliphatic heterocycles. The van der Waals surface area contributed by atoms with E-state index >= 15 is 0 Å². The van der Waals surface area contributed by atoms with Crippen molar-refractivity contribution in [1.82, 2.24) is 0 Å². The average molecular weight is 189 g/mol. The Morgan fingerprint density at radius 3 is 2.50 bits per heavy atom. The molecule has 1 aromatic rings. The Bertz CT molecular complexity index is 271. The molecular weight excluding hydrogens is 183 g/mol. The van der Waals surface area contributed by atoms with Crippen LogP contribution in [0.15, 0.2) is 24.3 Å². The fourth-order valence-corrected chi connectivity index (χ4v) is 0.787. The van der Waals surface area contributed by atoms with Crippen molar-refractivity contribution in [1.29, 1.82) is 0 Å². The number of carbonyl (C=O) groups excluding carboxylic acids is 1. The van der Waals surface area contributed by atoms with Crippen molar-refractivity contribution in [3.8, 4) is 5.75 Å². The number of rotatable bonds is 2. The van der Waals surface area contributed by atoms with E-state index in [0.717, 1.165) is 0 Å². The molecule has 0 unspecified atom stereocenters. The first-order valence-corrected chi connectivity index (χ1v) is 3.62. The lowest BCUT2D eigenvalue weighted by molar-refractivity contribution is -0.135. The van der Waals surface area contributed by atoms with Gasteiger partial charge in [-0.05, 0) is 24.3 Å². The number of benzene rings is 1. The molecule has 12 heavy (non-hydrogen) atoms. The van der Waals surface area contributed by atoms with E-state index in [4.69, 9.17) is 11.6 Å². The molecule has 4 heteroatoms. The van der Waals surface area contributed by atoms with Crippen molar-refractivity contribution in [3.05, 3.63) is 29.3 Å². The van der Waals surface area contributed by atoms with Crippen molar-refractivity contribution in [2.24, 2.45) is 0 Å². The van der Waals surface area contributed by atoms with Gasteiger partial charge in [0.2, 0.25) is 0 Å². The van der Waals surface area contributed by atoms with Crippen LogP contribution in [0, 0.1) is 0 Å². The molecule has 0 N–H and O–H groups in total. The molecule has 2 nitrogen and oxygen atoms in total. The minimum atomic E-state index is -1.12. The monoisotopic (exact) mass is 188 g/mol. The molecule has 1 rings (SSSR count). The highest BCUT2D eigenvalue weighted by Gasteiger charge is 2.02. The fraction of sp³-hybridized carbons (Fsp3) is 0.125. The van der Waals surface area contributed by atoms with Crippen molar-refractivity contribution < 1.29 is 13.9 Å². The number of ether oxygens (including phenoxy) is 1. The van der Waals surface area contributed by atoms with Gasteiger partial charge in [-0.3, -0.25) is 0 Å². The molecule has 0 fully saturated rings. The van der Waals surface area contributed by atoms with Crippen LogP contribution < -0.4 is 4.74 Å². The van der Waals surface area contributed by atoms with Crippen LogP contribution >= 0.6 is 11.6 Å². The Kier molecular flexibility index (Phi) is 3.05. The molecule has 0 bridgehead atoms. The van der Waals surface area contributed by atoms with Crippen LogP contribution in [0.5, 0.6) is 5.75 Å². The molecule has 0 amide bonds. The number of hydrogen-bond donors (Lipinski definition) is 0. The number of halogens is 2. The van der Waals surface area contributed by atoms with Crippen LogP contribution in [0.3, 0.4) is 0 Å². The Balaban J connectivity index is 2.64. The van der Waals surface area contributed by atoms with Crippen LogP contribution in [0.1, 0.15) is 0 Å². The van der Waals surface area contributed by atoms with Gasteiger partial charge in [0, 0.05) is 5.02 Å². The van der Waals surface area contributed by atoms with Crippen molar-refractivity contribution in [2.75, 3.05) is 6.67 Å². The lowest BCUT2D eigenvalue weighted by Gasteiger charge is -1.99. The van der Waals surface area contributed by atoms with Gasteiger partial charge in [0.1, 0.15) is 5.75 Å². The highest BCUT2D eigenvalue weighted by Crippen LogP contribution is 2.15. The number of carbonyl (C=O) groups is 1. The third-order valence-corrected chi connectivity index (χ3v) is 1.41. The van der Waals surface area contributed by atoms with Gasteiger partial charge < -0.3 is 4.74 Å². The van der Waals surface area contributed by atoms with Crippen molar-refractivity contribution in [3.63, 3.8) is 0 Å². The quantitative estimate of drug-likeness (QED) is 0.526. The molecule has 0 atom stereocenters. The van der Waals surface area contributed by atoms with Crippen LogP contribution in [0.2, 0.25) is 5.02 Å². The first-order chi connectivity index (χ1) is 5.72. The minimum absolute atomic E-state index is 0.294. The fourth-order valence-electron chi connectivity index (χ4n) is 0.661. The summed E-state index contributed by atoms with van der Waals surface area (Å²) in [6.45, 7) is -1.12. The van der Waals surface area contributed by atoms with Gasteiger partial charge in [0.05, 0.1) is 0 Å². The van der Waals surface area contributed by atoms with Crippen LogP contribution in [0.25, 0.3) is 0 Å². The number of esters is 1. The molecule has 0 aliphatic carbocycles. The zero-order valence-electron chi connectivity index (χ0n) is 6.09. The van der Waals surface area contributed by atoms with Gasteiger partial charge in [0.15, 0.2) is 6.67 Å². The first kappa shape index (κ1) is 9.00. The third-order valence-electron chi connectivity index (χ3n) is 1.15. The molecular formula is C8H6ClFO2. The smallest absolute Gasteiger partial charge is 0.342 e. The van der Waals surface area contributed by atoms with E-state index < -0.39 is 12.6 Å². The van der Waals surface area contributed by atoms with Gasteiger partial charge in [-0.15, -0.1) is 0 Å². The molecule has 0 radical (unpaired) electrons. The summed E-state index contributed by atoms with van der Waals surface area (Å²) in [5.41, 5.74) is 0. The van der Waals surface area contributed by atoms with Crippen LogP contribution in [-0.2, 0) is 4.79 Å². The molecule has 0 heterocycles. The molecule has 0 aliphatic rings.